The lowest BCUT2D eigenvalue weighted by Crippen LogP contribution is -2.38. The Morgan fingerprint density at radius 2 is 2.13 bits per heavy atom. The minimum Gasteiger partial charge on any atom is -0.386 e. The van der Waals surface area contributed by atoms with E-state index in [4.69, 9.17) is 11.6 Å². The van der Waals surface area contributed by atoms with Crippen molar-refractivity contribution in [2.24, 2.45) is 4.99 Å². The summed E-state index contributed by atoms with van der Waals surface area (Å²) >= 11 is 7.53. The summed E-state index contributed by atoms with van der Waals surface area (Å²) in [5.74, 6) is 0.755. The van der Waals surface area contributed by atoms with E-state index < -0.39 is 6.10 Å². The molecule has 0 fully saturated rings. The third-order valence-corrected chi connectivity index (χ3v) is 4.44. The molecule has 7 heteroatoms. The number of pyridine rings is 1. The highest BCUT2D eigenvalue weighted by Gasteiger charge is 2.11. The van der Waals surface area contributed by atoms with E-state index in [0.29, 0.717) is 13.1 Å². The molecule has 0 saturated heterocycles. The molecular weight excluding hydrogens is 332 g/mol. The van der Waals surface area contributed by atoms with Gasteiger partial charge in [0, 0.05) is 30.9 Å². The molecule has 2 aromatic heterocycles. The minimum atomic E-state index is -0.642. The van der Waals surface area contributed by atoms with E-state index in [-0.39, 0.29) is 0 Å². The summed E-state index contributed by atoms with van der Waals surface area (Å²) in [6.07, 6.45) is 2.69. The van der Waals surface area contributed by atoms with Crippen LogP contribution in [0.25, 0.3) is 0 Å². The lowest BCUT2D eigenvalue weighted by molar-refractivity contribution is 0.186. The Morgan fingerprint density at radius 1 is 1.39 bits per heavy atom. The molecule has 0 aliphatic rings. The highest BCUT2D eigenvalue weighted by Crippen LogP contribution is 2.22. The van der Waals surface area contributed by atoms with Crippen LogP contribution in [0.15, 0.2) is 41.7 Å². The molecule has 0 aliphatic heterocycles. The van der Waals surface area contributed by atoms with Crippen molar-refractivity contribution in [1.29, 1.82) is 0 Å². The molecule has 0 amide bonds. The van der Waals surface area contributed by atoms with Crippen molar-refractivity contribution < 1.29 is 5.11 Å². The van der Waals surface area contributed by atoms with Crippen LogP contribution in [-0.4, -0.2) is 41.1 Å². The molecule has 1 atom stereocenters. The van der Waals surface area contributed by atoms with Gasteiger partial charge in [0.2, 0.25) is 0 Å². The maximum absolute atomic E-state index is 10.2. The van der Waals surface area contributed by atoms with E-state index in [2.05, 4.69) is 15.3 Å². The largest absolute Gasteiger partial charge is 0.386 e. The number of aliphatic imine (C=N–C) groups is 1. The van der Waals surface area contributed by atoms with E-state index >= 15 is 0 Å². The molecule has 2 rings (SSSR count). The highest BCUT2D eigenvalue weighted by atomic mass is 35.5. The van der Waals surface area contributed by atoms with E-state index in [1.54, 1.807) is 35.9 Å². The van der Waals surface area contributed by atoms with Crippen LogP contribution in [0, 0.1) is 0 Å². The number of nitrogens with one attached hydrogen (secondary N) is 1. The lowest BCUT2D eigenvalue weighted by Gasteiger charge is -2.22. The number of guanidine groups is 1. The Balaban J connectivity index is 2.01. The molecule has 0 radical (unpaired) electrons. The molecule has 2 N–H and O–H groups in total. The van der Waals surface area contributed by atoms with Crippen LogP contribution in [0.5, 0.6) is 0 Å². The van der Waals surface area contributed by atoms with E-state index in [1.807, 2.05) is 31.0 Å². The third kappa shape index (κ3) is 5.49. The fourth-order valence-electron chi connectivity index (χ4n) is 2.08. The Kier molecular flexibility index (Phi) is 6.83. The molecule has 5 nitrogen and oxygen atoms in total. The lowest BCUT2D eigenvalue weighted by atomic mass is 10.1. The van der Waals surface area contributed by atoms with Gasteiger partial charge in [-0.2, -0.15) is 0 Å². The second-order valence-electron chi connectivity index (χ2n) is 5.05. The number of nitrogens with zero attached hydrogens (tertiary/aromatic N) is 3. The van der Waals surface area contributed by atoms with Crippen LogP contribution in [0.2, 0.25) is 4.34 Å². The fraction of sp³-hybridized carbons (Fsp3) is 0.375. The topological polar surface area (TPSA) is 60.8 Å². The maximum atomic E-state index is 10.2. The van der Waals surface area contributed by atoms with E-state index in [0.717, 1.165) is 27.3 Å². The van der Waals surface area contributed by atoms with Gasteiger partial charge in [0.15, 0.2) is 5.96 Å². The van der Waals surface area contributed by atoms with Crippen LogP contribution in [0.1, 0.15) is 23.5 Å². The number of hydrogen-bond donors (Lipinski definition) is 2. The predicted octanol–water partition coefficient (Wildman–Crippen LogP) is 2.93. The zero-order valence-electron chi connectivity index (χ0n) is 13.2. The van der Waals surface area contributed by atoms with Crippen LogP contribution < -0.4 is 5.32 Å². The van der Waals surface area contributed by atoms with Gasteiger partial charge in [-0.1, -0.05) is 11.6 Å². The zero-order valence-corrected chi connectivity index (χ0v) is 14.8. The number of hydrogen-bond acceptors (Lipinski definition) is 4. The fourth-order valence-corrected chi connectivity index (χ4v) is 3.22. The summed E-state index contributed by atoms with van der Waals surface area (Å²) in [5.41, 5.74) is 0.812. The van der Waals surface area contributed by atoms with Gasteiger partial charge in [-0.3, -0.25) is 9.98 Å². The first kappa shape index (κ1) is 17.7. The van der Waals surface area contributed by atoms with Crippen molar-refractivity contribution in [3.05, 3.63) is 51.4 Å². The van der Waals surface area contributed by atoms with Gasteiger partial charge in [-0.05, 0) is 36.8 Å². The Bertz CT molecular complexity index is 632. The van der Waals surface area contributed by atoms with Gasteiger partial charge in [0.05, 0.1) is 23.5 Å². The maximum Gasteiger partial charge on any atom is 0.194 e. The molecule has 2 aromatic rings. The first-order valence-corrected chi connectivity index (χ1v) is 8.61. The van der Waals surface area contributed by atoms with Gasteiger partial charge >= 0.3 is 0 Å². The van der Waals surface area contributed by atoms with Crippen LogP contribution >= 0.6 is 22.9 Å². The molecular formula is C16H21ClN4OS. The third-order valence-electron chi connectivity index (χ3n) is 3.22. The zero-order chi connectivity index (χ0) is 16.7. The summed E-state index contributed by atoms with van der Waals surface area (Å²) in [6, 6.07) is 7.50. The number of aromatic nitrogens is 1. The summed E-state index contributed by atoms with van der Waals surface area (Å²) in [7, 11) is 1.97. The van der Waals surface area contributed by atoms with E-state index in [1.165, 1.54) is 0 Å². The first-order valence-electron chi connectivity index (χ1n) is 7.41. The second-order valence-corrected chi connectivity index (χ2v) is 6.85. The number of rotatable bonds is 6. The SMILES string of the molecule is CCNC(=NCC(O)c1ccncc1)N(C)Cc1ccc(Cl)s1. The quantitative estimate of drug-likeness (QED) is 0.620. The van der Waals surface area contributed by atoms with Crippen LogP contribution in [-0.2, 0) is 6.54 Å². The average Bonchev–Trinajstić information content (AvgIpc) is 2.96. The normalized spacial score (nSPS) is 13.0. The summed E-state index contributed by atoms with van der Waals surface area (Å²) in [4.78, 5) is 11.7. The monoisotopic (exact) mass is 352 g/mol. The van der Waals surface area contributed by atoms with Crippen molar-refractivity contribution in [3.63, 3.8) is 0 Å². The van der Waals surface area contributed by atoms with Gasteiger partial charge < -0.3 is 15.3 Å². The molecule has 0 saturated carbocycles. The molecule has 0 bridgehead atoms. The Hall–Kier alpha value is -1.63. The molecule has 0 aliphatic carbocycles. The summed E-state index contributed by atoms with van der Waals surface area (Å²) in [6.45, 7) is 3.79. The van der Waals surface area contributed by atoms with Gasteiger partial charge in [-0.25, -0.2) is 0 Å². The van der Waals surface area contributed by atoms with E-state index in [9.17, 15) is 5.11 Å². The van der Waals surface area contributed by atoms with Crippen molar-refractivity contribution in [2.75, 3.05) is 20.1 Å². The average molecular weight is 353 g/mol. The standard InChI is InChI=1S/C16H21ClN4OS/c1-3-19-16(21(2)11-13-4-5-15(17)23-13)20-10-14(22)12-6-8-18-9-7-12/h4-9,14,22H,3,10-11H2,1-2H3,(H,19,20). The Labute approximate surface area is 145 Å². The first-order chi connectivity index (χ1) is 11.1. The highest BCUT2D eigenvalue weighted by molar-refractivity contribution is 7.16. The molecule has 1 unspecified atom stereocenters. The molecule has 0 spiro atoms. The predicted molar refractivity (Wildman–Crippen MR) is 96.0 cm³/mol. The minimum absolute atomic E-state index is 0.294. The molecule has 124 valence electrons. The molecule has 2 heterocycles. The van der Waals surface area contributed by atoms with Crippen molar-refractivity contribution in [1.82, 2.24) is 15.2 Å². The van der Waals surface area contributed by atoms with Crippen LogP contribution in [0.4, 0.5) is 0 Å². The number of thiophene rings is 1. The van der Waals surface area contributed by atoms with Crippen molar-refractivity contribution >= 4 is 28.9 Å². The number of aliphatic hydroxyl groups is 1. The second kappa shape index (κ2) is 8.86. The van der Waals surface area contributed by atoms with Crippen molar-refractivity contribution in [2.45, 2.75) is 19.6 Å². The Morgan fingerprint density at radius 3 is 2.74 bits per heavy atom. The van der Waals surface area contributed by atoms with Crippen molar-refractivity contribution in [3.8, 4) is 0 Å². The van der Waals surface area contributed by atoms with Crippen LogP contribution in [0.3, 0.4) is 0 Å². The van der Waals surface area contributed by atoms with Gasteiger partial charge in [0.25, 0.3) is 0 Å². The van der Waals surface area contributed by atoms with Gasteiger partial charge in [-0.15, -0.1) is 11.3 Å². The summed E-state index contributed by atoms with van der Waals surface area (Å²) < 4.78 is 0.781. The van der Waals surface area contributed by atoms with Gasteiger partial charge in [0.1, 0.15) is 0 Å². The summed E-state index contributed by atoms with van der Waals surface area (Å²) in [5, 5.41) is 13.5. The number of aliphatic hydroxyl groups excluding tert-OH is 1. The molecule has 23 heavy (non-hydrogen) atoms. The smallest absolute Gasteiger partial charge is 0.194 e. The molecule has 0 aromatic carbocycles. The number of halogens is 1.